The molecule has 0 aliphatic heterocycles. The number of nitrogens with zero attached hydrogens (tertiary/aromatic N) is 1. The van der Waals surface area contributed by atoms with E-state index in [0.717, 1.165) is 33.9 Å². The first kappa shape index (κ1) is 16.8. The second kappa shape index (κ2) is 6.81. The van der Waals surface area contributed by atoms with E-state index in [0.29, 0.717) is 0 Å². The highest BCUT2D eigenvalue weighted by molar-refractivity contribution is 6.09. The zero-order chi connectivity index (χ0) is 18.0. The minimum absolute atomic E-state index is 0.119. The van der Waals surface area contributed by atoms with Crippen LogP contribution in [0.15, 0.2) is 48.0 Å². The van der Waals surface area contributed by atoms with E-state index >= 15 is 0 Å². The Bertz CT molecular complexity index is 998. The number of benzene rings is 2. The van der Waals surface area contributed by atoms with Crippen molar-refractivity contribution >= 4 is 39.8 Å². The van der Waals surface area contributed by atoms with Gasteiger partial charge in [0.2, 0.25) is 0 Å². The van der Waals surface area contributed by atoms with Gasteiger partial charge in [-0.2, -0.15) is 0 Å². The highest BCUT2D eigenvalue weighted by atomic mass is 16.5. The lowest BCUT2D eigenvalue weighted by Gasteiger charge is -2.05. The van der Waals surface area contributed by atoms with E-state index in [1.54, 1.807) is 6.08 Å². The molecule has 0 spiro atoms. The van der Waals surface area contributed by atoms with Crippen molar-refractivity contribution in [1.82, 2.24) is 4.57 Å². The molecule has 25 heavy (non-hydrogen) atoms. The van der Waals surface area contributed by atoms with Crippen LogP contribution in [0.1, 0.15) is 18.9 Å². The summed E-state index contributed by atoms with van der Waals surface area (Å²) in [6.07, 6.45) is 1.21. The van der Waals surface area contributed by atoms with Gasteiger partial charge in [0.15, 0.2) is 0 Å². The molecule has 128 valence electrons. The Hall–Kier alpha value is -3.08. The van der Waals surface area contributed by atoms with Crippen molar-refractivity contribution in [2.24, 2.45) is 0 Å². The fourth-order valence-corrected chi connectivity index (χ4v) is 3.18. The Morgan fingerprint density at radius 2 is 1.84 bits per heavy atom. The lowest BCUT2D eigenvalue weighted by Crippen LogP contribution is -2.09. The van der Waals surface area contributed by atoms with Gasteiger partial charge in [0.25, 0.3) is 0 Å². The first-order valence-corrected chi connectivity index (χ1v) is 8.06. The summed E-state index contributed by atoms with van der Waals surface area (Å²) in [6.45, 7) is 2.95. The number of hydrogen-bond acceptors (Lipinski definition) is 3. The van der Waals surface area contributed by atoms with Gasteiger partial charge in [-0.05, 0) is 36.8 Å². The highest BCUT2D eigenvalue weighted by Crippen LogP contribution is 2.30. The molecule has 5 heteroatoms. The number of carboxylic acid groups (broad SMARTS) is 1. The highest BCUT2D eigenvalue weighted by Gasteiger charge is 2.15. The van der Waals surface area contributed by atoms with E-state index in [9.17, 15) is 9.59 Å². The van der Waals surface area contributed by atoms with Crippen molar-refractivity contribution in [2.75, 3.05) is 7.11 Å². The third-order valence-electron chi connectivity index (χ3n) is 4.24. The zero-order valence-electron chi connectivity index (χ0n) is 14.2. The predicted octanol–water partition coefficient (Wildman–Crippen LogP) is 3.85. The average Bonchev–Trinajstić information content (AvgIpc) is 2.93. The number of esters is 1. The molecule has 0 radical (unpaired) electrons. The summed E-state index contributed by atoms with van der Waals surface area (Å²) in [6, 6.07) is 14.0. The maximum absolute atomic E-state index is 11.8. The third kappa shape index (κ3) is 3.13. The Balaban J connectivity index is 2.18. The van der Waals surface area contributed by atoms with E-state index in [4.69, 9.17) is 9.84 Å². The number of aryl methyl sites for hydroxylation is 1. The quantitative estimate of drug-likeness (QED) is 0.567. The smallest absolute Gasteiger partial charge is 0.334 e. The monoisotopic (exact) mass is 337 g/mol. The maximum atomic E-state index is 11.8. The van der Waals surface area contributed by atoms with Crippen LogP contribution in [0.5, 0.6) is 0 Å². The molecule has 0 saturated carbocycles. The number of carbonyl (C=O) groups excluding carboxylic acids is 1. The molecular weight excluding hydrogens is 318 g/mol. The van der Waals surface area contributed by atoms with Crippen LogP contribution in [0.25, 0.3) is 27.9 Å². The minimum Gasteiger partial charge on any atom is -0.481 e. The minimum atomic E-state index is -1.07. The molecule has 0 bridgehead atoms. The molecule has 0 amide bonds. The van der Waals surface area contributed by atoms with Crippen molar-refractivity contribution in [3.8, 4) is 0 Å². The maximum Gasteiger partial charge on any atom is 0.334 e. The molecule has 1 N–H and O–H groups in total. The first-order valence-electron chi connectivity index (χ1n) is 8.06. The van der Waals surface area contributed by atoms with Crippen LogP contribution in [0.4, 0.5) is 0 Å². The van der Waals surface area contributed by atoms with Gasteiger partial charge in [-0.15, -0.1) is 0 Å². The second-order valence-corrected chi connectivity index (χ2v) is 5.77. The predicted molar refractivity (Wildman–Crippen MR) is 97.4 cm³/mol. The van der Waals surface area contributed by atoms with Crippen LogP contribution >= 0.6 is 0 Å². The number of aromatic nitrogens is 1. The number of aliphatic carboxylic acids is 1. The van der Waals surface area contributed by atoms with E-state index in [2.05, 4.69) is 23.6 Å². The molecule has 0 saturated heterocycles. The van der Waals surface area contributed by atoms with Crippen LogP contribution in [-0.2, 0) is 20.9 Å². The summed E-state index contributed by atoms with van der Waals surface area (Å²) in [7, 11) is 1.25. The van der Waals surface area contributed by atoms with Crippen molar-refractivity contribution in [2.45, 2.75) is 19.9 Å². The molecular formula is C20H19NO4. The van der Waals surface area contributed by atoms with Crippen molar-refractivity contribution in [3.63, 3.8) is 0 Å². The van der Waals surface area contributed by atoms with Gasteiger partial charge >= 0.3 is 11.9 Å². The van der Waals surface area contributed by atoms with E-state index in [1.807, 2.05) is 30.3 Å². The number of carboxylic acids is 1. The van der Waals surface area contributed by atoms with Gasteiger partial charge < -0.3 is 14.4 Å². The van der Waals surface area contributed by atoms with Crippen LogP contribution in [0.2, 0.25) is 0 Å². The fraction of sp³-hybridized carbons (Fsp3) is 0.200. The molecule has 0 fully saturated rings. The SMILES string of the molecule is CCn1c2ccccc2c2cc(/C=C(\CC(=O)O)C(=O)OC)ccc21. The normalized spacial score (nSPS) is 11.8. The van der Waals surface area contributed by atoms with Crippen molar-refractivity contribution in [1.29, 1.82) is 0 Å². The molecule has 0 unspecified atom stereocenters. The number of ether oxygens (including phenoxy) is 1. The number of para-hydroxylation sites is 1. The topological polar surface area (TPSA) is 68.5 Å². The molecule has 0 aliphatic carbocycles. The summed E-state index contributed by atoms with van der Waals surface area (Å²) >= 11 is 0. The van der Waals surface area contributed by atoms with E-state index in [-0.39, 0.29) is 12.0 Å². The Morgan fingerprint density at radius 3 is 2.52 bits per heavy atom. The summed E-state index contributed by atoms with van der Waals surface area (Å²) in [5.41, 5.74) is 3.15. The van der Waals surface area contributed by atoms with Gasteiger partial charge in [0, 0.05) is 33.9 Å². The summed E-state index contributed by atoms with van der Waals surface area (Å²) in [5, 5.41) is 11.2. The van der Waals surface area contributed by atoms with Gasteiger partial charge in [-0.1, -0.05) is 24.3 Å². The first-order chi connectivity index (χ1) is 12.0. The zero-order valence-corrected chi connectivity index (χ0v) is 14.2. The average molecular weight is 337 g/mol. The third-order valence-corrected chi connectivity index (χ3v) is 4.24. The van der Waals surface area contributed by atoms with Crippen LogP contribution in [0.3, 0.4) is 0 Å². The van der Waals surface area contributed by atoms with Crippen LogP contribution < -0.4 is 0 Å². The van der Waals surface area contributed by atoms with Gasteiger partial charge in [-0.3, -0.25) is 4.79 Å². The standard InChI is InChI=1S/C20H19NO4/c1-3-21-17-7-5-4-6-15(17)16-11-13(8-9-18(16)21)10-14(12-19(22)23)20(24)25-2/h4-11H,3,12H2,1-2H3,(H,22,23)/b14-10+. The molecule has 3 rings (SSSR count). The van der Waals surface area contributed by atoms with E-state index < -0.39 is 11.9 Å². The second-order valence-electron chi connectivity index (χ2n) is 5.77. The molecule has 2 aromatic carbocycles. The number of hydrogen-bond donors (Lipinski definition) is 1. The fourth-order valence-electron chi connectivity index (χ4n) is 3.18. The number of rotatable bonds is 5. The summed E-state index contributed by atoms with van der Waals surface area (Å²) < 4.78 is 6.92. The number of methoxy groups -OCH3 is 1. The molecule has 1 heterocycles. The molecule has 0 aliphatic rings. The lowest BCUT2D eigenvalue weighted by atomic mass is 10.1. The Labute approximate surface area is 145 Å². The van der Waals surface area contributed by atoms with E-state index in [1.165, 1.54) is 7.11 Å². The largest absolute Gasteiger partial charge is 0.481 e. The van der Waals surface area contributed by atoms with Crippen LogP contribution in [-0.4, -0.2) is 28.7 Å². The summed E-state index contributed by atoms with van der Waals surface area (Å²) in [5.74, 6) is -1.70. The van der Waals surface area contributed by atoms with Gasteiger partial charge in [-0.25, -0.2) is 4.79 Å². The Kier molecular flexibility index (Phi) is 4.57. The number of fused-ring (bicyclic) bond motifs is 3. The van der Waals surface area contributed by atoms with Gasteiger partial charge in [0.1, 0.15) is 0 Å². The molecule has 0 atom stereocenters. The molecule has 5 nitrogen and oxygen atoms in total. The van der Waals surface area contributed by atoms with Crippen molar-refractivity contribution < 1.29 is 19.4 Å². The van der Waals surface area contributed by atoms with Gasteiger partial charge in [0.05, 0.1) is 13.5 Å². The Morgan fingerprint density at radius 1 is 1.12 bits per heavy atom. The van der Waals surface area contributed by atoms with Crippen molar-refractivity contribution in [3.05, 3.63) is 53.6 Å². The molecule has 3 aromatic rings. The molecule has 1 aromatic heterocycles. The summed E-state index contributed by atoms with van der Waals surface area (Å²) in [4.78, 5) is 22.8. The van der Waals surface area contributed by atoms with Crippen LogP contribution in [0, 0.1) is 0 Å². The lowest BCUT2D eigenvalue weighted by molar-refractivity contribution is -0.141. The number of carbonyl (C=O) groups is 2.